The average Bonchev–Trinajstić information content (AvgIpc) is 2.47. The van der Waals surface area contributed by atoms with Gasteiger partial charge < -0.3 is 15.4 Å². The number of ether oxygens (including phenoxy) is 1. The number of anilines is 1. The molecule has 1 atom stereocenters. The lowest BCUT2D eigenvalue weighted by Gasteiger charge is -2.24. The van der Waals surface area contributed by atoms with E-state index in [4.69, 9.17) is 4.74 Å². The van der Waals surface area contributed by atoms with E-state index in [1.165, 1.54) is 12.1 Å². The summed E-state index contributed by atoms with van der Waals surface area (Å²) >= 11 is 0. The van der Waals surface area contributed by atoms with Gasteiger partial charge in [0.05, 0.1) is 10.6 Å². The quantitative estimate of drug-likeness (QED) is 0.733. The summed E-state index contributed by atoms with van der Waals surface area (Å²) in [4.78, 5) is 11.4. The molecule has 21 heavy (non-hydrogen) atoms. The van der Waals surface area contributed by atoms with Gasteiger partial charge >= 0.3 is 0 Å². The van der Waals surface area contributed by atoms with E-state index < -0.39 is 10.0 Å². The van der Waals surface area contributed by atoms with Crippen molar-refractivity contribution in [2.45, 2.75) is 23.8 Å². The van der Waals surface area contributed by atoms with Crippen LogP contribution in [0.25, 0.3) is 0 Å². The van der Waals surface area contributed by atoms with E-state index in [1.807, 2.05) is 0 Å². The zero-order valence-corrected chi connectivity index (χ0v) is 12.2. The molecule has 0 radical (unpaired) electrons. The maximum Gasteiger partial charge on any atom is 0.262 e. The van der Waals surface area contributed by atoms with Crippen molar-refractivity contribution >= 4 is 21.6 Å². The predicted molar refractivity (Wildman–Crippen MR) is 76.8 cm³/mol. The number of hydrogen-bond donors (Lipinski definition) is 3. The lowest BCUT2D eigenvalue weighted by molar-refractivity contribution is -0.118. The molecule has 0 bridgehead atoms. The van der Waals surface area contributed by atoms with Crippen molar-refractivity contribution in [1.82, 2.24) is 10.0 Å². The van der Waals surface area contributed by atoms with Gasteiger partial charge in [0.15, 0.2) is 6.61 Å². The fraction of sp³-hybridized carbons (Fsp3) is 0.462. The molecule has 0 spiro atoms. The third-order valence-corrected chi connectivity index (χ3v) is 5.03. The van der Waals surface area contributed by atoms with Crippen LogP contribution in [0.1, 0.15) is 12.8 Å². The first-order valence-electron chi connectivity index (χ1n) is 6.84. The Hall–Kier alpha value is -1.64. The van der Waals surface area contributed by atoms with Crippen molar-refractivity contribution in [2.75, 3.05) is 25.0 Å². The highest BCUT2D eigenvalue weighted by Crippen LogP contribution is 2.30. The minimum atomic E-state index is -3.61. The summed E-state index contributed by atoms with van der Waals surface area (Å²) < 4.78 is 32.7. The van der Waals surface area contributed by atoms with E-state index in [0.29, 0.717) is 18.0 Å². The molecule has 0 unspecified atom stereocenters. The standard InChI is InChI=1S/C13H17N3O4S/c17-13-8-20-12-4-3-10(6-11(12)15-13)21(18,19)16-9-2-1-5-14-7-9/h3-4,6,9,14,16H,1-2,5,7-8H2,(H,15,17)/t9-/m0/s1. The van der Waals surface area contributed by atoms with Crippen LogP contribution in [0.15, 0.2) is 23.1 Å². The average molecular weight is 311 g/mol. The highest BCUT2D eigenvalue weighted by atomic mass is 32.2. The monoisotopic (exact) mass is 311 g/mol. The molecular weight excluding hydrogens is 294 g/mol. The second-order valence-electron chi connectivity index (χ2n) is 5.16. The first-order valence-corrected chi connectivity index (χ1v) is 8.33. The number of carbonyl (C=O) groups excluding carboxylic acids is 1. The Kier molecular flexibility index (Phi) is 3.83. The van der Waals surface area contributed by atoms with Crippen molar-refractivity contribution in [3.05, 3.63) is 18.2 Å². The van der Waals surface area contributed by atoms with Gasteiger partial charge in [0.2, 0.25) is 10.0 Å². The maximum atomic E-state index is 12.4. The molecule has 3 N–H and O–H groups in total. The van der Waals surface area contributed by atoms with Crippen LogP contribution in [0.4, 0.5) is 5.69 Å². The second kappa shape index (κ2) is 5.63. The molecule has 7 nitrogen and oxygen atoms in total. The Balaban J connectivity index is 1.81. The summed E-state index contributed by atoms with van der Waals surface area (Å²) in [6.07, 6.45) is 1.76. The highest BCUT2D eigenvalue weighted by Gasteiger charge is 2.24. The molecule has 1 amide bonds. The Morgan fingerprint density at radius 1 is 1.33 bits per heavy atom. The smallest absolute Gasteiger partial charge is 0.262 e. The summed E-state index contributed by atoms with van der Waals surface area (Å²) in [5, 5.41) is 5.77. The van der Waals surface area contributed by atoms with Crippen LogP contribution in [0.2, 0.25) is 0 Å². The van der Waals surface area contributed by atoms with Crippen LogP contribution in [0.3, 0.4) is 0 Å². The molecule has 1 aromatic carbocycles. The Morgan fingerprint density at radius 3 is 2.95 bits per heavy atom. The lowest BCUT2D eigenvalue weighted by atomic mass is 10.1. The molecule has 2 aliphatic rings. The van der Waals surface area contributed by atoms with Crippen LogP contribution >= 0.6 is 0 Å². The molecule has 1 saturated heterocycles. The van der Waals surface area contributed by atoms with Gasteiger partial charge in [-0.2, -0.15) is 0 Å². The molecule has 1 fully saturated rings. The maximum absolute atomic E-state index is 12.4. The summed E-state index contributed by atoms with van der Waals surface area (Å²) in [6.45, 7) is 1.50. The second-order valence-corrected chi connectivity index (χ2v) is 6.87. The van der Waals surface area contributed by atoms with Crippen LogP contribution in [0.5, 0.6) is 5.75 Å². The van der Waals surface area contributed by atoms with E-state index in [2.05, 4.69) is 15.4 Å². The molecule has 0 aromatic heterocycles. The number of benzene rings is 1. The molecule has 2 aliphatic heterocycles. The number of sulfonamides is 1. The highest BCUT2D eigenvalue weighted by molar-refractivity contribution is 7.89. The third-order valence-electron chi connectivity index (χ3n) is 3.51. The number of rotatable bonds is 3. The zero-order valence-electron chi connectivity index (χ0n) is 11.4. The fourth-order valence-corrected chi connectivity index (χ4v) is 3.77. The normalized spacial score (nSPS) is 22.1. The van der Waals surface area contributed by atoms with Gasteiger partial charge in [0.1, 0.15) is 5.75 Å². The van der Waals surface area contributed by atoms with Gasteiger partial charge in [-0.25, -0.2) is 13.1 Å². The lowest BCUT2D eigenvalue weighted by Crippen LogP contribution is -2.45. The van der Waals surface area contributed by atoms with E-state index in [9.17, 15) is 13.2 Å². The van der Waals surface area contributed by atoms with Crippen LogP contribution in [0, 0.1) is 0 Å². The molecule has 0 saturated carbocycles. The predicted octanol–water partition coefficient (Wildman–Crippen LogP) is 0.0478. The van der Waals surface area contributed by atoms with Gasteiger partial charge in [-0.15, -0.1) is 0 Å². The number of fused-ring (bicyclic) bond motifs is 1. The summed E-state index contributed by atoms with van der Waals surface area (Å²) in [7, 11) is -3.61. The first kappa shape index (κ1) is 14.3. The van der Waals surface area contributed by atoms with Crippen molar-refractivity contribution in [3.63, 3.8) is 0 Å². The topological polar surface area (TPSA) is 96.5 Å². The summed E-state index contributed by atoms with van der Waals surface area (Å²) in [5.41, 5.74) is 0.385. The van der Waals surface area contributed by atoms with E-state index in [-0.39, 0.29) is 23.5 Å². The Bertz CT molecular complexity index is 653. The van der Waals surface area contributed by atoms with Gasteiger partial charge in [0, 0.05) is 12.6 Å². The number of carbonyl (C=O) groups is 1. The third kappa shape index (κ3) is 3.17. The molecule has 0 aliphatic carbocycles. The Morgan fingerprint density at radius 2 is 2.19 bits per heavy atom. The van der Waals surface area contributed by atoms with Crippen molar-refractivity contribution < 1.29 is 17.9 Å². The first-order chi connectivity index (χ1) is 10.0. The van der Waals surface area contributed by atoms with Crippen molar-refractivity contribution in [2.24, 2.45) is 0 Å². The Labute approximate surface area is 123 Å². The van der Waals surface area contributed by atoms with Crippen molar-refractivity contribution in [3.8, 4) is 5.75 Å². The van der Waals surface area contributed by atoms with Crippen LogP contribution < -0.4 is 20.1 Å². The molecule has 3 rings (SSSR count). The van der Waals surface area contributed by atoms with Gasteiger partial charge in [-0.3, -0.25) is 4.79 Å². The number of piperidine rings is 1. The van der Waals surface area contributed by atoms with E-state index in [0.717, 1.165) is 19.4 Å². The molecular formula is C13H17N3O4S. The van der Waals surface area contributed by atoms with Gasteiger partial charge in [-0.1, -0.05) is 0 Å². The molecule has 8 heteroatoms. The number of nitrogens with one attached hydrogen (secondary N) is 3. The minimum Gasteiger partial charge on any atom is -0.482 e. The SMILES string of the molecule is O=C1COc2ccc(S(=O)(=O)N[C@H]3CCCNC3)cc2N1. The zero-order chi connectivity index (χ0) is 14.9. The largest absolute Gasteiger partial charge is 0.482 e. The van der Waals surface area contributed by atoms with Gasteiger partial charge in [-0.05, 0) is 37.6 Å². The van der Waals surface area contributed by atoms with Crippen molar-refractivity contribution in [1.29, 1.82) is 0 Å². The van der Waals surface area contributed by atoms with Crippen LogP contribution in [-0.4, -0.2) is 40.1 Å². The molecule has 1 aromatic rings. The summed E-state index contributed by atoms with van der Waals surface area (Å²) in [5.74, 6) is 0.189. The van der Waals surface area contributed by atoms with E-state index in [1.54, 1.807) is 6.07 Å². The van der Waals surface area contributed by atoms with Gasteiger partial charge in [0.25, 0.3) is 5.91 Å². The van der Waals surface area contributed by atoms with Crippen LogP contribution in [-0.2, 0) is 14.8 Å². The number of amides is 1. The summed E-state index contributed by atoms with van der Waals surface area (Å²) in [6, 6.07) is 4.35. The van der Waals surface area contributed by atoms with E-state index >= 15 is 0 Å². The minimum absolute atomic E-state index is 0.0505. The molecule has 2 heterocycles. The molecule has 114 valence electrons. The fourth-order valence-electron chi connectivity index (χ4n) is 2.47. The number of hydrogen-bond acceptors (Lipinski definition) is 5.